The van der Waals surface area contributed by atoms with Gasteiger partial charge in [0, 0.05) is 31.9 Å². The fourth-order valence-corrected chi connectivity index (χ4v) is 7.69. The van der Waals surface area contributed by atoms with Gasteiger partial charge in [-0.05, 0) is 92.3 Å². The summed E-state index contributed by atoms with van der Waals surface area (Å²) in [4.78, 5) is 32.7. The van der Waals surface area contributed by atoms with Crippen LogP contribution in [-0.4, -0.2) is 73.8 Å². The van der Waals surface area contributed by atoms with E-state index in [1.165, 1.54) is 5.56 Å². The molecule has 3 fully saturated rings. The van der Waals surface area contributed by atoms with Gasteiger partial charge in [-0.25, -0.2) is 4.79 Å². The summed E-state index contributed by atoms with van der Waals surface area (Å²) in [5.74, 6) is 0.959. The lowest BCUT2D eigenvalue weighted by Gasteiger charge is -2.46. The lowest BCUT2D eigenvalue weighted by molar-refractivity contribution is -0.125. The zero-order valence-electron chi connectivity index (χ0n) is 26.6. The van der Waals surface area contributed by atoms with E-state index in [2.05, 4.69) is 45.4 Å². The van der Waals surface area contributed by atoms with Gasteiger partial charge in [0.1, 0.15) is 17.9 Å². The Labute approximate surface area is 267 Å². The van der Waals surface area contributed by atoms with Crippen LogP contribution in [0.2, 0.25) is 0 Å². The summed E-state index contributed by atoms with van der Waals surface area (Å²) in [7, 11) is 3.55. The lowest BCUT2D eigenvalue weighted by Crippen LogP contribution is -2.56. The molecule has 3 aromatic carbocycles. The van der Waals surface area contributed by atoms with Crippen LogP contribution in [0.5, 0.6) is 5.75 Å². The van der Waals surface area contributed by atoms with E-state index in [1.807, 2.05) is 66.5 Å². The Morgan fingerprint density at radius 2 is 1.56 bits per heavy atom. The monoisotopic (exact) mass is 610 g/mol. The number of nitrogens with zero attached hydrogens (tertiary/aromatic N) is 3. The Balaban J connectivity index is 1.07. The minimum Gasteiger partial charge on any atom is -0.497 e. The number of carbonyl (C=O) groups excluding carboxylic acids is 2. The van der Waals surface area contributed by atoms with Crippen molar-refractivity contribution in [1.29, 1.82) is 0 Å². The van der Waals surface area contributed by atoms with Crippen molar-refractivity contribution in [3.63, 3.8) is 0 Å². The summed E-state index contributed by atoms with van der Waals surface area (Å²) < 4.78 is 11.0. The smallest absolute Gasteiger partial charge is 0.410 e. The number of piperidine rings is 1. The third kappa shape index (κ3) is 6.52. The molecular formula is C37H46N4O4. The molecule has 8 nitrogen and oxygen atoms in total. The summed E-state index contributed by atoms with van der Waals surface area (Å²) in [6.07, 6.45) is 6.39. The fourth-order valence-electron chi connectivity index (χ4n) is 7.69. The van der Waals surface area contributed by atoms with Gasteiger partial charge in [-0.2, -0.15) is 0 Å². The summed E-state index contributed by atoms with van der Waals surface area (Å²) in [5.41, 5.74) is 3.02. The van der Waals surface area contributed by atoms with Crippen LogP contribution in [0.15, 0.2) is 84.9 Å². The number of hydrogen-bond acceptors (Lipinski definition) is 6. The standard InChI is InChI=1S/C37H46N4O4/c1-39(35(43)45-27-29-9-5-3-6-10-29)31-17-19-36(20-18-31,30-11-7-4-8-12-30)21-24-40-25-22-37(23-26-40)34(42)38-28-41(37)32-13-15-33(44-2)16-14-32/h3-16,31H,17-28H2,1-2H3,(H,38,42). The molecule has 1 aliphatic carbocycles. The van der Waals surface area contributed by atoms with Crippen molar-refractivity contribution in [1.82, 2.24) is 15.1 Å². The van der Waals surface area contributed by atoms with E-state index in [1.54, 1.807) is 7.11 Å². The van der Waals surface area contributed by atoms with Crippen LogP contribution in [0, 0.1) is 0 Å². The molecule has 0 bridgehead atoms. The largest absolute Gasteiger partial charge is 0.497 e. The number of ether oxygens (including phenoxy) is 2. The average molecular weight is 611 g/mol. The number of anilines is 1. The molecule has 238 valence electrons. The van der Waals surface area contributed by atoms with E-state index in [4.69, 9.17) is 9.47 Å². The second-order valence-electron chi connectivity index (χ2n) is 12.9. The number of benzene rings is 3. The molecule has 0 unspecified atom stereocenters. The second kappa shape index (κ2) is 13.5. The van der Waals surface area contributed by atoms with E-state index in [-0.39, 0.29) is 23.5 Å². The molecule has 2 aliphatic heterocycles. The zero-order chi connectivity index (χ0) is 31.3. The number of likely N-dealkylation sites (tertiary alicyclic amines) is 1. The number of amides is 2. The normalized spacial score (nSPS) is 23.0. The highest BCUT2D eigenvalue weighted by Gasteiger charge is 2.50. The maximum absolute atomic E-state index is 13.2. The van der Waals surface area contributed by atoms with Gasteiger partial charge in [-0.3, -0.25) is 4.79 Å². The van der Waals surface area contributed by atoms with Crippen molar-refractivity contribution in [3.8, 4) is 5.75 Å². The summed E-state index contributed by atoms with van der Waals surface area (Å²) in [6.45, 7) is 3.61. The topological polar surface area (TPSA) is 74.4 Å². The Kier molecular flexibility index (Phi) is 9.31. The number of carbonyl (C=O) groups is 2. The maximum Gasteiger partial charge on any atom is 0.410 e. The number of nitrogens with one attached hydrogen (secondary N) is 1. The quantitative estimate of drug-likeness (QED) is 0.322. The summed E-state index contributed by atoms with van der Waals surface area (Å²) in [5, 5.41) is 3.12. The molecule has 1 N–H and O–H groups in total. The number of hydrogen-bond donors (Lipinski definition) is 1. The highest BCUT2D eigenvalue weighted by atomic mass is 16.6. The van der Waals surface area contributed by atoms with Crippen molar-refractivity contribution >= 4 is 17.7 Å². The van der Waals surface area contributed by atoms with Crippen molar-refractivity contribution in [2.45, 2.75) is 68.5 Å². The van der Waals surface area contributed by atoms with Crippen molar-refractivity contribution in [2.24, 2.45) is 0 Å². The molecule has 2 amide bonds. The minimum atomic E-state index is -0.500. The fraction of sp³-hybridized carbons (Fsp3) is 0.459. The number of methoxy groups -OCH3 is 1. The summed E-state index contributed by atoms with van der Waals surface area (Å²) >= 11 is 0. The predicted molar refractivity (Wildman–Crippen MR) is 176 cm³/mol. The molecule has 45 heavy (non-hydrogen) atoms. The highest BCUT2D eigenvalue weighted by molar-refractivity contribution is 5.93. The van der Waals surface area contributed by atoms with Crippen LogP contribution in [0.3, 0.4) is 0 Å². The Morgan fingerprint density at radius 3 is 2.20 bits per heavy atom. The third-order valence-electron chi connectivity index (χ3n) is 10.7. The molecule has 8 heteroatoms. The first kappa shape index (κ1) is 31.0. The van der Waals surface area contributed by atoms with Crippen LogP contribution in [-0.2, 0) is 21.6 Å². The van der Waals surface area contributed by atoms with Gasteiger partial charge in [0.05, 0.1) is 13.8 Å². The minimum absolute atomic E-state index is 0.0710. The molecular weight excluding hydrogens is 564 g/mol. The van der Waals surface area contributed by atoms with Crippen molar-refractivity contribution < 1.29 is 19.1 Å². The lowest BCUT2D eigenvalue weighted by atomic mass is 9.66. The first-order valence-electron chi connectivity index (χ1n) is 16.3. The molecule has 6 rings (SSSR count). The van der Waals surface area contributed by atoms with Crippen molar-refractivity contribution in [3.05, 3.63) is 96.1 Å². The molecule has 2 saturated heterocycles. The molecule has 0 atom stereocenters. The summed E-state index contributed by atoms with van der Waals surface area (Å²) in [6, 6.07) is 29.0. The van der Waals surface area contributed by atoms with Crippen LogP contribution < -0.4 is 15.0 Å². The van der Waals surface area contributed by atoms with E-state index in [0.717, 1.165) is 81.6 Å². The van der Waals surface area contributed by atoms with Crippen LogP contribution >= 0.6 is 0 Å². The van der Waals surface area contributed by atoms with Gasteiger partial charge in [0.25, 0.3) is 0 Å². The van der Waals surface area contributed by atoms with Gasteiger partial charge in [0.2, 0.25) is 5.91 Å². The molecule has 2 heterocycles. The molecule has 3 aliphatic rings. The molecule has 3 aromatic rings. The predicted octanol–water partition coefficient (Wildman–Crippen LogP) is 5.96. The molecule has 1 spiro atoms. The maximum atomic E-state index is 13.2. The van der Waals surface area contributed by atoms with E-state index < -0.39 is 5.54 Å². The Bertz CT molecular complexity index is 1420. The average Bonchev–Trinajstić information content (AvgIpc) is 3.42. The zero-order valence-corrected chi connectivity index (χ0v) is 26.6. The molecule has 0 aromatic heterocycles. The first-order valence-corrected chi connectivity index (χ1v) is 16.3. The van der Waals surface area contributed by atoms with Gasteiger partial charge < -0.3 is 29.5 Å². The van der Waals surface area contributed by atoms with E-state index >= 15 is 0 Å². The number of rotatable bonds is 9. The first-order chi connectivity index (χ1) is 21.9. The van der Waals surface area contributed by atoms with E-state index in [9.17, 15) is 9.59 Å². The van der Waals surface area contributed by atoms with Gasteiger partial charge >= 0.3 is 6.09 Å². The van der Waals surface area contributed by atoms with Crippen molar-refractivity contribution in [2.75, 3.05) is 45.4 Å². The van der Waals surface area contributed by atoms with Gasteiger partial charge in [-0.15, -0.1) is 0 Å². The highest BCUT2D eigenvalue weighted by Crippen LogP contribution is 2.44. The SMILES string of the molecule is COc1ccc(N2CNC(=O)C23CCN(CCC2(c4ccccc4)CCC(N(C)C(=O)OCc4ccccc4)CC2)CC3)cc1. The third-order valence-corrected chi connectivity index (χ3v) is 10.7. The van der Waals surface area contributed by atoms with Crippen LogP contribution in [0.25, 0.3) is 0 Å². The van der Waals surface area contributed by atoms with Crippen LogP contribution in [0.1, 0.15) is 56.1 Å². The second-order valence-corrected chi connectivity index (χ2v) is 12.9. The van der Waals surface area contributed by atoms with Gasteiger partial charge in [0.15, 0.2) is 0 Å². The van der Waals surface area contributed by atoms with Gasteiger partial charge in [-0.1, -0.05) is 60.7 Å². The molecule has 1 saturated carbocycles. The van der Waals surface area contributed by atoms with Crippen LogP contribution in [0.4, 0.5) is 10.5 Å². The molecule has 0 radical (unpaired) electrons. The Morgan fingerprint density at radius 1 is 0.911 bits per heavy atom. The van der Waals surface area contributed by atoms with E-state index in [0.29, 0.717) is 13.3 Å². The Hall–Kier alpha value is -4.04.